The highest BCUT2D eigenvalue weighted by Crippen LogP contribution is 2.26. The van der Waals surface area contributed by atoms with E-state index in [0.29, 0.717) is 6.54 Å². The predicted molar refractivity (Wildman–Crippen MR) is 90.4 cm³/mol. The maximum atomic E-state index is 5.75. The van der Waals surface area contributed by atoms with Crippen molar-refractivity contribution >= 4 is 34.0 Å². The molecule has 0 radical (unpaired) electrons. The molecule has 4 nitrogen and oxygen atoms in total. The van der Waals surface area contributed by atoms with Crippen LogP contribution < -0.4 is 20.5 Å². The Hall–Kier alpha value is -1.63. The highest BCUT2D eigenvalue weighted by Gasteiger charge is 2.06. The molecule has 0 aliphatic rings. The SMILES string of the molecule is COc1ccc(CNc2ccc(N)cc2I)c(OC)c1. The Bertz CT molecular complexity index is 602. The first-order chi connectivity index (χ1) is 9.63. The molecule has 0 bridgehead atoms. The number of hydrogen-bond donors (Lipinski definition) is 2. The predicted octanol–water partition coefficient (Wildman–Crippen LogP) is 3.50. The Morgan fingerprint density at radius 1 is 1.10 bits per heavy atom. The Labute approximate surface area is 132 Å². The van der Waals surface area contributed by atoms with Crippen molar-refractivity contribution in [3.8, 4) is 11.5 Å². The minimum Gasteiger partial charge on any atom is -0.497 e. The second kappa shape index (κ2) is 6.69. The second-order valence-electron chi connectivity index (χ2n) is 4.27. The smallest absolute Gasteiger partial charge is 0.127 e. The Morgan fingerprint density at radius 2 is 1.90 bits per heavy atom. The van der Waals surface area contributed by atoms with Crippen LogP contribution in [0.15, 0.2) is 36.4 Å². The van der Waals surface area contributed by atoms with E-state index in [1.807, 2.05) is 36.4 Å². The van der Waals surface area contributed by atoms with Crippen LogP contribution in [0.5, 0.6) is 11.5 Å². The number of methoxy groups -OCH3 is 2. The number of halogens is 1. The molecule has 0 aliphatic heterocycles. The quantitative estimate of drug-likeness (QED) is 0.612. The van der Waals surface area contributed by atoms with Gasteiger partial charge in [0.05, 0.1) is 14.2 Å². The van der Waals surface area contributed by atoms with Crippen molar-refractivity contribution in [1.82, 2.24) is 0 Å². The standard InChI is InChI=1S/C15H17IN2O2/c1-19-12-5-3-10(15(8-12)20-2)9-18-14-6-4-11(17)7-13(14)16/h3-8,18H,9,17H2,1-2H3. The van der Waals surface area contributed by atoms with Crippen molar-refractivity contribution in [2.24, 2.45) is 0 Å². The van der Waals surface area contributed by atoms with Gasteiger partial charge < -0.3 is 20.5 Å². The van der Waals surface area contributed by atoms with E-state index in [0.717, 1.165) is 32.0 Å². The van der Waals surface area contributed by atoms with Crippen LogP contribution in [-0.4, -0.2) is 14.2 Å². The molecule has 106 valence electrons. The molecule has 0 atom stereocenters. The zero-order chi connectivity index (χ0) is 14.5. The van der Waals surface area contributed by atoms with Gasteiger partial charge in [-0.3, -0.25) is 0 Å². The summed E-state index contributed by atoms with van der Waals surface area (Å²) in [6.45, 7) is 0.674. The molecule has 0 spiro atoms. The summed E-state index contributed by atoms with van der Waals surface area (Å²) in [4.78, 5) is 0. The fourth-order valence-corrected chi connectivity index (χ4v) is 2.59. The fourth-order valence-electron chi connectivity index (χ4n) is 1.86. The van der Waals surface area contributed by atoms with Gasteiger partial charge in [0.2, 0.25) is 0 Å². The van der Waals surface area contributed by atoms with Gasteiger partial charge in [-0.25, -0.2) is 0 Å². The van der Waals surface area contributed by atoms with Crippen molar-refractivity contribution < 1.29 is 9.47 Å². The molecule has 0 saturated carbocycles. The first-order valence-corrected chi connectivity index (χ1v) is 7.21. The van der Waals surface area contributed by atoms with Crippen molar-refractivity contribution in [1.29, 1.82) is 0 Å². The molecule has 0 unspecified atom stereocenters. The highest BCUT2D eigenvalue weighted by molar-refractivity contribution is 14.1. The van der Waals surface area contributed by atoms with E-state index in [4.69, 9.17) is 15.2 Å². The van der Waals surface area contributed by atoms with E-state index in [-0.39, 0.29) is 0 Å². The summed E-state index contributed by atoms with van der Waals surface area (Å²) in [5, 5.41) is 3.38. The molecular formula is C15H17IN2O2. The molecule has 0 saturated heterocycles. The van der Waals surface area contributed by atoms with Crippen LogP contribution in [0.4, 0.5) is 11.4 Å². The number of ether oxygens (including phenoxy) is 2. The number of nitrogen functional groups attached to an aromatic ring is 1. The first kappa shape index (κ1) is 14.8. The van der Waals surface area contributed by atoms with Gasteiger partial charge in [-0.2, -0.15) is 0 Å². The van der Waals surface area contributed by atoms with E-state index in [1.54, 1.807) is 14.2 Å². The number of benzene rings is 2. The topological polar surface area (TPSA) is 56.5 Å². The minimum absolute atomic E-state index is 0.674. The molecule has 20 heavy (non-hydrogen) atoms. The van der Waals surface area contributed by atoms with Gasteiger partial charge >= 0.3 is 0 Å². The molecule has 5 heteroatoms. The summed E-state index contributed by atoms with van der Waals surface area (Å²) in [5.74, 6) is 1.59. The van der Waals surface area contributed by atoms with E-state index in [9.17, 15) is 0 Å². The zero-order valence-electron chi connectivity index (χ0n) is 11.4. The van der Waals surface area contributed by atoms with Crippen LogP contribution in [0, 0.1) is 3.57 Å². The molecule has 0 aliphatic carbocycles. The summed E-state index contributed by atoms with van der Waals surface area (Å²) < 4.78 is 11.7. The van der Waals surface area contributed by atoms with Crippen molar-refractivity contribution in [3.63, 3.8) is 0 Å². The fraction of sp³-hybridized carbons (Fsp3) is 0.200. The Kier molecular flexibility index (Phi) is 4.94. The highest BCUT2D eigenvalue weighted by atomic mass is 127. The van der Waals surface area contributed by atoms with Gasteiger partial charge in [-0.05, 0) is 52.9 Å². The lowest BCUT2D eigenvalue weighted by Crippen LogP contribution is -2.03. The van der Waals surface area contributed by atoms with E-state index in [1.165, 1.54) is 0 Å². The summed E-state index contributed by atoms with van der Waals surface area (Å²) in [6, 6.07) is 11.6. The molecule has 0 aromatic heterocycles. The van der Waals surface area contributed by atoms with Crippen LogP contribution in [0.1, 0.15) is 5.56 Å². The van der Waals surface area contributed by atoms with Crippen molar-refractivity contribution in [2.45, 2.75) is 6.54 Å². The molecule has 2 aromatic rings. The van der Waals surface area contributed by atoms with Crippen LogP contribution in [0.25, 0.3) is 0 Å². The van der Waals surface area contributed by atoms with Gasteiger partial charge in [0.15, 0.2) is 0 Å². The second-order valence-corrected chi connectivity index (χ2v) is 5.43. The van der Waals surface area contributed by atoms with E-state index in [2.05, 4.69) is 27.9 Å². The third-order valence-electron chi connectivity index (χ3n) is 2.96. The summed E-state index contributed by atoms with van der Waals surface area (Å²) in [6.07, 6.45) is 0. The summed E-state index contributed by atoms with van der Waals surface area (Å²) >= 11 is 2.26. The van der Waals surface area contributed by atoms with Gasteiger partial charge in [0.1, 0.15) is 11.5 Å². The number of anilines is 2. The molecule has 2 aromatic carbocycles. The lowest BCUT2D eigenvalue weighted by atomic mass is 10.2. The maximum absolute atomic E-state index is 5.75. The van der Waals surface area contributed by atoms with Crippen LogP contribution in [0.2, 0.25) is 0 Å². The van der Waals surface area contributed by atoms with E-state index >= 15 is 0 Å². The average molecular weight is 384 g/mol. The average Bonchev–Trinajstić information content (AvgIpc) is 2.46. The molecule has 0 heterocycles. The molecule has 0 fully saturated rings. The lowest BCUT2D eigenvalue weighted by molar-refractivity contribution is 0.391. The largest absolute Gasteiger partial charge is 0.497 e. The maximum Gasteiger partial charge on any atom is 0.127 e. The Morgan fingerprint density at radius 3 is 2.55 bits per heavy atom. The summed E-state index contributed by atoms with van der Waals surface area (Å²) in [7, 11) is 3.30. The summed E-state index contributed by atoms with van der Waals surface area (Å²) in [5.41, 5.74) is 8.64. The van der Waals surface area contributed by atoms with Crippen molar-refractivity contribution in [2.75, 3.05) is 25.3 Å². The normalized spacial score (nSPS) is 10.2. The lowest BCUT2D eigenvalue weighted by Gasteiger charge is -2.13. The number of nitrogens with two attached hydrogens (primary N) is 1. The third kappa shape index (κ3) is 3.47. The first-order valence-electron chi connectivity index (χ1n) is 6.14. The monoisotopic (exact) mass is 384 g/mol. The number of rotatable bonds is 5. The van der Waals surface area contributed by atoms with E-state index < -0.39 is 0 Å². The van der Waals surface area contributed by atoms with Gasteiger partial charge in [0.25, 0.3) is 0 Å². The number of nitrogens with one attached hydrogen (secondary N) is 1. The molecule has 0 amide bonds. The molecular weight excluding hydrogens is 367 g/mol. The van der Waals surface area contributed by atoms with Gasteiger partial charge in [-0.15, -0.1) is 0 Å². The Balaban J connectivity index is 2.14. The van der Waals surface area contributed by atoms with Crippen LogP contribution in [0.3, 0.4) is 0 Å². The molecule has 3 N–H and O–H groups in total. The number of hydrogen-bond acceptors (Lipinski definition) is 4. The van der Waals surface area contributed by atoms with Crippen molar-refractivity contribution in [3.05, 3.63) is 45.5 Å². The molecule has 2 rings (SSSR count). The zero-order valence-corrected chi connectivity index (χ0v) is 13.6. The van der Waals surface area contributed by atoms with Gasteiger partial charge in [0, 0.05) is 33.1 Å². The minimum atomic E-state index is 0.674. The van der Waals surface area contributed by atoms with Crippen LogP contribution in [-0.2, 0) is 6.54 Å². The van der Waals surface area contributed by atoms with Crippen LogP contribution >= 0.6 is 22.6 Å². The third-order valence-corrected chi connectivity index (χ3v) is 3.85. The van der Waals surface area contributed by atoms with Gasteiger partial charge in [-0.1, -0.05) is 0 Å².